The Morgan fingerprint density at radius 2 is 1.90 bits per heavy atom. The SMILES string of the molecule is COc1ccc(/C=N/NC2=NC3C(C(=O)NC(=O)N3C)N2Cc2ccc(Br)cc2)cc1. The van der Waals surface area contributed by atoms with Crippen LogP contribution in [0.3, 0.4) is 0 Å². The van der Waals surface area contributed by atoms with Gasteiger partial charge in [0.25, 0.3) is 5.91 Å². The first-order chi connectivity index (χ1) is 15.0. The highest BCUT2D eigenvalue weighted by molar-refractivity contribution is 9.10. The van der Waals surface area contributed by atoms with E-state index in [9.17, 15) is 9.59 Å². The van der Waals surface area contributed by atoms with Crippen molar-refractivity contribution in [1.29, 1.82) is 0 Å². The number of hydrogen-bond donors (Lipinski definition) is 2. The molecular formula is C21H21BrN6O3. The molecule has 0 bridgehead atoms. The first kappa shape index (κ1) is 20.9. The van der Waals surface area contributed by atoms with E-state index in [2.05, 4.69) is 36.8 Å². The molecule has 2 aliphatic heterocycles. The van der Waals surface area contributed by atoms with E-state index in [1.54, 1.807) is 20.4 Å². The summed E-state index contributed by atoms with van der Waals surface area (Å²) in [6, 6.07) is 14.1. The molecule has 2 aromatic carbocycles. The van der Waals surface area contributed by atoms with Crippen molar-refractivity contribution in [2.24, 2.45) is 10.1 Å². The second-order valence-electron chi connectivity index (χ2n) is 7.11. The highest BCUT2D eigenvalue weighted by Gasteiger charge is 2.48. The van der Waals surface area contributed by atoms with Gasteiger partial charge in [-0.3, -0.25) is 10.1 Å². The lowest BCUT2D eigenvalue weighted by Gasteiger charge is -2.36. The molecule has 31 heavy (non-hydrogen) atoms. The Labute approximate surface area is 187 Å². The molecule has 3 amide bonds. The summed E-state index contributed by atoms with van der Waals surface area (Å²) in [5.74, 6) is 0.790. The van der Waals surface area contributed by atoms with E-state index in [1.165, 1.54) is 4.90 Å². The molecule has 2 N–H and O–H groups in total. The summed E-state index contributed by atoms with van der Waals surface area (Å²) in [6.07, 6.45) is 1.02. The molecule has 0 saturated carbocycles. The van der Waals surface area contributed by atoms with E-state index in [1.807, 2.05) is 53.4 Å². The maximum absolute atomic E-state index is 12.6. The number of hydrogen-bond acceptors (Lipinski definition) is 7. The van der Waals surface area contributed by atoms with Crippen LogP contribution < -0.4 is 15.5 Å². The molecule has 4 rings (SSSR count). The molecule has 2 atom stereocenters. The number of fused-ring (bicyclic) bond motifs is 1. The highest BCUT2D eigenvalue weighted by Crippen LogP contribution is 2.25. The number of amides is 3. The Morgan fingerprint density at radius 3 is 2.58 bits per heavy atom. The van der Waals surface area contributed by atoms with Gasteiger partial charge >= 0.3 is 6.03 Å². The van der Waals surface area contributed by atoms with Gasteiger partial charge in [0.05, 0.1) is 13.3 Å². The van der Waals surface area contributed by atoms with Gasteiger partial charge < -0.3 is 14.5 Å². The second-order valence-corrected chi connectivity index (χ2v) is 8.03. The average molecular weight is 485 g/mol. The van der Waals surface area contributed by atoms with Crippen molar-refractivity contribution in [1.82, 2.24) is 20.5 Å². The molecule has 1 saturated heterocycles. The number of benzene rings is 2. The Hall–Kier alpha value is -3.40. The third kappa shape index (κ3) is 4.38. The van der Waals surface area contributed by atoms with Crippen LogP contribution in [0.2, 0.25) is 0 Å². The number of rotatable bonds is 5. The number of ether oxygens (including phenoxy) is 1. The fourth-order valence-electron chi connectivity index (χ4n) is 3.43. The summed E-state index contributed by atoms with van der Waals surface area (Å²) in [6.45, 7) is 0.424. The van der Waals surface area contributed by atoms with Gasteiger partial charge in [0.2, 0.25) is 5.96 Å². The zero-order valence-electron chi connectivity index (χ0n) is 16.9. The number of guanidine groups is 1. The van der Waals surface area contributed by atoms with Crippen LogP contribution >= 0.6 is 15.9 Å². The zero-order chi connectivity index (χ0) is 22.0. The van der Waals surface area contributed by atoms with E-state index in [-0.39, 0.29) is 5.91 Å². The van der Waals surface area contributed by atoms with Crippen LogP contribution in [0.15, 0.2) is 63.1 Å². The van der Waals surface area contributed by atoms with E-state index >= 15 is 0 Å². The minimum absolute atomic E-state index is 0.384. The van der Waals surface area contributed by atoms with Gasteiger partial charge in [-0.25, -0.2) is 15.2 Å². The summed E-state index contributed by atoms with van der Waals surface area (Å²) in [5.41, 5.74) is 4.80. The zero-order valence-corrected chi connectivity index (χ0v) is 18.5. The summed E-state index contributed by atoms with van der Waals surface area (Å²) >= 11 is 3.43. The van der Waals surface area contributed by atoms with Crippen LogP contribution in [-0.2, 0) is 11.3 Å². The lowest BCUT2D eigenvalue weighted by atomic mass is 10.1. The van der Waals surface area contributed by atoms with Crippen molar-refractivity contribution in [3.8, 4) is 5.75 Å². The fourth-order valence-corrected chi connectivity index (χ4v) is 3.70. The van der Waals surface area contributed by atoms with Crippen LogP contribution in [0.25, 0.3) is 0 Å². The quantitative estimate of drug-likeness (QED) is 0.500. The van der Waals surface area contributed by atoms with Gasteiger partial charge in [-0.05, 0) is 47.5 Å². The van der Waals surface area contributed by atoms with Gasteiger partial charge in [0, 0.05) is 18.1 Å². The van der Waals surface area contributed by atoms with Gasteiger partial charge in [0.1, 0.15) is 5.75 Å². The smallest absolute Gasteiger partial charge is 0.325 e. The van der Waals surface area contributed by atoms with Crippen molar-refractivity contribution in [2.45, 2.75) is 18.8 Å². The molecule has 10 heteroatoms. The summed E-state index contributed by atoms with van der Waals surface area (Å²) in [4.78, 5) is 32.5. The van der Waals surface area contributed by atoms with Crippen LogP contribution in [0.5, 0.6) is 5.75 Å². The molecule has 2 aliphatic rings. The lowest BCUT2D eigenvalue weighted by Crippen LogP contribution is -2.63. The number of carbonyl (C=O) groups is 2. The topological polar surface area (TPSA) is 98.6 Å². The molecular weight excluding hydrogens is 464 g/mol. The largest absolute Gasteiger partial charge is 0.497 e. The molecule has 0 aromatic heterocycles. The lowest BCUT2D eigenvalue weighted by molar-refractivity contribution is -0.127. The Balaban J connectivity index is 1.57. The van der Waals surface area contributed by atoms with E-state index in [0.29, 0.717) is 12.5 Å². The number of aliphatic imine (C=N–C) groups is 1. The number of nitrogens with zero attached hydrogens (tertiary/aromatic N) is 4. The molecule has 2 aromatic rings. The minimum Gasteiger partial charge on any atom is -0.497 e. The first-order valence-electron chi connectivity index (χ1n) is 9.56. The molecule has 0 radical (unpaired) electrons. The molecule has 0 aliphatic carbocycles. The predicted octanol–water partition coefficient (Wildman–Crippen LogP) is 2.13. The number of imide groups is 1. The van der Waals surface area contributed by atoms with Crippen molar-refractivity contribution < 1.29 is 14.3 Å². The number of halogens is 1. The van der Waals surface area contributed by atoms with Crippen LogP contribution in [0, 0.1) is 0 Å². The van der Waals surface area contributed by atoms with Crippen LogP contribution in [0.4, 0.5) is 4.79 Å². The second kappa shape index (κ2) is 8.76. The third-order valence-electron chi connectivity index (χ3n) is 5.12. The van der Waals surface area contributed by atoms with Crippen molar-refractivity contribution in [3.05, 3.63) is 64.1 Å². The van der Waals surface area contributed by atoms with Gasteiger partial charge in [-0.1, -0.05) is 28.1 Å². The van der Waals surface area contributed by atoms with Gasteiger partial charge in [-0.15, -0.1) is 0 Å². The van der Waals surface area contributed by atoms with Crippen LogP contribution in [-0.4, -0.2) is 60.3 Å². The Morgan fingerprint density at radius 1 is 1.19 bits per heavy atom. The molecule has 9 nitrogen and oxygen atoms in total. The average Bonchev–Trinajstić information content (AvgIpc) is 3.13. The normalized spacial score (nSPS) is 20.5. The van der Waals surface area contributed by atoms with Gasteiger partial charge in [0.15, 0.2) is 12.2 Å². The van der Waals surface area contributed by atoms with E-state index in [0.717, 1.165) is 21.3 Å². The first-order valence-corrected chi connectivity index (χ1v) is 10.4. The third-order valence-corrected chi connectivity index (χ3v) is 5.65. The van der Waals surface area contributed by atoms with Crippen LogP contribution in [0.1, 0.15) is 11.1 Å². The standard InChI is InChI=1S/C21H21BrN6O3/c1-27-18-17(19(29)25-21(27)30)28(12-14-3-7-15(22)8-4-14)20(24-18)26-23-11-13-5-9-16(31-2)10-6-13/h3-11,17-18H,12H2,1-2H3,(H,24,26)(H,25,29,30)/b23-11+. The molecule has 2 unspecified atom stereocenters. The summed E-state index contributed by atoms with van der Waals surface area (Å²) < 4.78 is 6.12. The number of likely N-dealkylation sites (N-methyl/N-ethyl adjacent to an activating group) is 1. The Kier molecular flexibility index (Phi) is 5.90. The van der Waals surface area contributed by atoms with E-state index in [4.69, 9.17) is 4.74 Å². The van der Waals surface area contributed by atoms with Crippen molar-refractivity contribution in [3.63, 3.8) is 0 Å². The molecule has 0 spiro atoms. The van der Waals surface area contributed by atoms with Gasteiger partial charge in [-0.2, -0.15) is 5.10 Å². The van der Waals surface area contributed by atoms with E-state index < -0.39 is 18.2 Å². The minimum atomic E-state index is -0.648. The predicted molar refractivity (Wildman–Crippen MR) is 120 cm³/mol. The molecule has 1 fully saturated rings. The maximum Gasteiger partial charge on any atom is 0.325 e. The summed E-state index contributed by atoms with van der Waals surface area (Å²) in [7, 11) is 3.23. The monoisotopic (exact) mass is 484 g/mol. The number of carbonyl (C=O) groups excluding carboxylic acids is 2. The van der Waals surface area contributed by atoms with Crippen molar-refractivity contribution in [2.75, 3.05) is 14.2 Å². The highest BCUT2D eigenvalue weighted by atomic mass is 79.9. The number of urea groups is 1. The fraction of sp³-hybridized carbons (Fsp3) is 0.238. The molecule has 160 valence electrons. The van der Waals surface area contributed by atoms with Crippen molar-refractivity contribution >= 4 is 40.0 Å². The number of hydrazone groups is 1. The maximum atomic E-state index is 12.6. The number of methoxy groups -OCH3 is 1. The number of nitrogens with one attached hydrogen (secondary N) is 2. The summed E-state index contributed by atoms with van der Waals surface area (Å²) in [5, 5.41) is 6.67. The Bertz CT molecular complexity index is 1040. The molecule has 2 heterocycles.